The van der Waals surface area contributed by atoms with Gasteiger partial charge in [0, 0.05) is 19.3 Å². The number of hydrogen-bond donors (Lipinski definition) is 4. The van der Waals surface area contributed by atoms with Crippen LogP contribution in [0.15, 0.2) is 41.5 Å². The Bertz CT molecular complexity index is 1070. The van der Waals surface area contributed by atoms with E-state index in [2.05, 4.69) is 25.2 Å². The van der Waals surface area contributed by atoms with E-state index in [9.17, 15) is 15.0 Å². The van der Waals surface area contributed by atoms with Gasteiger partial charge in [0.15, 0.2) is 0 Å². The molecule has 8 nitrogen and oxygen atoms in total. The van der Waals surface area contributed by atoms with Gasteiger partial charge in [-0.2, -0.15) is 0 Å². The summed E-state index contributed by atoms with van der Waals surface area (Å²) < 4.78 is 0. The van der Waals surface area contributed by atoms with Crippen LogP contribution in [-0.2, 0) is 5.60 Å². The van der Waals surface area contributed by atoms with Crippen molar-refractivity contribution in [2.75, 3.05) is 23.3 Å². The molecule has 1 aliphatic rings. The summed E-state index contributed by atoms with van der Waals surface area (Å²) in [6.07, 6.45) is 4.61. The zero-order valence-corrected chi connectivity index (χ0v) is 18.5. The number of H-pyrrole nitrogens is 1. The summed E-state index contributed by atoms with van der Waals surface area (Å²) in [6, 6.07) is 7.21. The van der Waals surface area contributed by atoms with Gasteiger partial charge in [0.1, 0.15) is 11.4 Å². The number of nitrogens with one attached hydrogen (secondary N) is 2. The van der Waals surface area contributed by atoms with Crippen LogP contribution < -0.4 is 15.8 Å². The molecule has 4 rings (SSSR count). The van der Waals surface area contributed by atoms with Crippen LogP contribution in [0.3, 0.4) is 0 Å². The summed E-state index contributed by atoms with van der Waals surface area (Å²) in [5.74, 6) is 0.586. The Balaban J connectivity index is 0.00000132. The van der Waals surface area contributed by atoms with Crippen molar-refractivity contribution < 1.29 is 10.2 Å². The first kappa shape index (κ1) is 22.7. The van der Waals surface area contributed by atoms with Crippen molar-refractivity contribution in [2.24, 2.45) is 0 Å². The molecule has 1 aliphatic heterocycles. The smallest absolute Gasteiger partial charge is 0.259 e. The van der Waals surface area contributed by atoms with Crippen molar-refractivity contribution in [3.8, 4) is 0 Å². The SMILES string of the molecule is CC.CC(C)(O)c1cc(Nc2ccc(N3CCC(O)CC3)cn2)c2c(=O)[nH]ccc2n1. The van der Waals surface area contributed by atoms with Crippen molar-refractivity contribution >= 4 is 28.1 Å². The highest BCUT2D eigenvalue weighted by atomic mass is 16.3. The predicted octanol–water partition coefficient (Wildman–Crippen LogP) is 3.28. The normalized spacial score (nSPS) is 14.8. The molecule has 1 saturated heterocycles. The summed E-state index contributed by atoms with van der Waals surface area (Å²) >= 11 is 0. The third-order valence-corrected chi connectivity index (χ3v) is 5.20. The minimum atomic E-state index is -1.15. The Hall–Kier alpha value is -2.97. The fraction of sp³-hybridized carbons (Fsp3) is 0.435. The van der Waals surface area contributed by atoms with Crippen molar-refractivity contribution in [3.63, 3.8) is 0 Å². The number of fused-ring (bicyclic) bond motifs is 1. The Morgan fingerprint density at radius 3 is 2.52 bits per heavy atom. The average molecular weight is 426 g/mol. The topological polar surface area (TPSA) is 114 Å². The van der Waals surface area contributed by atoms with Crippen LogP contribution in [0.1, 0.15) is 46.2 Å². The molecule has 0 spiro atoms. The molecule has 3 aromatic rings. The molecule has 8 heteroatoms. The number of aromatic nitrogens is 3. The van der Waals surface area contributed by atoms with Gasteiger partial charge in [0.2, 0.25) is 0 Å². The standard InChI is InChI=1S/C21H25N5O3.C2H6/c1-21(2,29)17-11-16(19-15(24-17)5-8-22-20(19)28)25-18-4-3-13(12-23-18)26-9-6-14(27)7-10-26;1-2/h3-5,8,11-12,14,27,29H,6-7,9-10H2,1-2H3,(H,22,28)(H,23,24,25);1-2H3. The average Bonchev–Trinajstić information content (AvgIpc) is 2.75. The van der Waals surface area contributed by atoms with Gasteiger partial charge in [-0.15, -0.1) is 0 Å². The Labute approximate surface area is 182 Å². The molecular weight excluding hydrogens is 394 g/mol. The largest absolute Gasteiger partial charge is 0.393 e. The fourth-order valence-corrected chi connectivity index (χ4v) is 3.51. The number of anilines is 3. The Morgan fingerprint density at radius 1 is 1.19 bits per heavy atom. The van der Waals surface area contributed by atoms with Crippen molar-refractivity contribution in [1.29, 1.82) is 0 Å². The van der Waals surface area contributed by atoms with E-state index in [1.165, 1.54) is 6.20 Å². The molecule has 166 valence electrons. The summed E-state index contributed by atoms with van der Waals surface area (Å²) in [7, 11) is 0. The second-order valence-electron chi connectivity index (χ2n) is 7.93. The number of aliphatic hydroxyl groups is 2. The van der Waals surface area contributed by atoms with E-state index < -0.39 is 5.60 Å². The minimum absolute atomic E-state index is 0.219. The molecule has 0 unspecified atom stereocenters. The van der Waals surface area contributed by atoms with Crippen LogP contribution in [-0.4, -0.2) is 44.4 Å². The number of pyridine rings is 3. The quantitative estimate of drug-likeness (QED) is 0.507. The van der Waals surface area contributed by atoms with Crippen LogP contribution in [0, 0.1) is 0 Å². The number of nitrogens with zero attached hydrogens (tertiary/aromatic N) is 3. The van der Waals surface area contributed by atoms with E-state index in [0.717, 1.165) is 31.6 Å². The highest BCUT2D eigenvalue weighted by Gasteiger charge is 2.21. The summed E-state index contributed by atoms with van der Waals surface area (Å²) in [5, 5.41) is 23.7. The summed E-state index contributed by atoms with van der Waals surface area (Å²) in [5.41, 5.74) is 1.08. The zero-order chi connectivity index (χ0) is 22.6. The lowest BCUT2D eigenvalue weighted by Gasteiger charge is -2.31. The maximum Gasteiger partial charge on any atom is 0.259 e. The van der Waals surface area contributed by atoms with Crippen LogP contribution >= 0.6 is 0 Å². The number of aromatic amines is 1. The van der Waals surface area contributed by atoms with E-state index in [1.54, 1.807) is 32.2 Å². The second-order valence-corrected chi connectivity index (χ2v) is 7.93. The molecule has 4 N–H and O–H groups in total. The first-order chi connectivity index (χ1) is 14.8. The molecule has 0 atom stereocenters. The van der Waals surface area contributed by atoms with Gasteiger partial charge in [-0.05, 0) is 51.0 Å². The van der Waals surface area contributed by atoms with Crippen LogP contribution in [0.5, 0.6) is 0 Å². The molecule has 0 aliphatic carbocycles. The Morgan fingerprint density at radius 2 is 1.90 bits per heavy atom. The predicted molar refractivity (Wildman–Crippen MR) is 124 cm³/mol. The number of aliphatic hydroxyl groups excluding tert-OH is 1. The van der Waals surface area contributed by atoms with E-state index in [4.69, 9.17) is 0 Å². The van der Waals surface area contributed by atoms with Gasteiger partial charge in [-0.3, -0.25) is 4.79 Å². The molecule has 3 aromatic heterocycles. The maximum absolute atomic E-state index is 12.4. The van der Waals surface area contributed by atoms with E-state index >= 15 is 0 Å². The minimum Gasteiger partial charge on any atom is -0.393 e. The summed E-state index contributed by atoms with van der Waals surface area (Å²) in [6.45, 7) is 8.91. The number of rotatable bonds is 4. The highest BCUT2D eigenvalue weighted by molar-refractivity contribution is 5.92. The Kier molecular flexibility index (Phi) is 6.92. The van der Waals surface area contributed by atoms with Crippen molar-refractivity contribution in [3.05, 3.63) is 52.7 Å². The van der Waals surface area contributed by atoms with Crippen molar-refractivity contribution in [2.45, 2.75) is 52.2 Å². The molecule has 0 aromatic carbocycles. The molecule has 0 saturated carbocycles. The van der Waals surface area contributed by atoms with Gasteiger partial charge in [0.25, 0.3) is 5.56 Å². The van der Waals surface area contributed by atoms with E-state index in [1.807, 2.05) is 26.0 Å². The molecule has 1 fully saturated rings. The lowest BCUT2D eigenvalue weighted by molar-refractivity contribution is 0.0742. The van der Waals surface area contributed by atoms with Crippen molar-refractivity contribution in [1.82, 2.24) is 15.0 Å². The molecule has 0 radical (unpaired) electrons. The molecule has 4 heterocycles. The van der Waals surface area contributed by atoms with Crippen LogP contribution in [0.2, 0.25) is 0 Å². The first-order valence-corrected chi connectivity index (χ1v) is 10.7. The molecule has 0 bridgehead atoms. The molecule has 0 amide bonds. The monoisotopic (exact) mass is 425 g/mol. The molecule has 31 heavy (non-hydrogen) atoms. The molecular formula is C23H31N5O3. The number of hydrogen-bond acceptors (Lipinski definition) is 7. The second kappa shape index (κ2) is 9.45. The summed E-state index contributed by atoms with van der Waals surface area (Å²) in [4.78, 5) is 26.2. The van der Waals surface area contributed by atoms with E-state index in [-0.39, 0.29) is 11.7 Å². The third-order valence-electron chi connectivity index (χ3n) is 5.20. The number of piperidine rings is 1. The van der Waals surface area contributed by atoms with Crippen LogP contribution in [0.25, 0.3) is 10.9 Å². The maximum atomic E-state index is 12.4. The lowest BCUT2D eigenvalue weighted by atomic mass is 10.0. The van der Waals surface area contributed by atoms with Gasteiger partial charge in [-0.1, -0.05) is 13.8 Å². The van der Waals surface area contributed by atoms with Gasteiger partial charge >= 0.3 is 0 Å². The van der Waals surface area contributed by atoms with Gasteiger partial charge in [-0.25, -0.2) is 9.97 Å². The fourth-order valence-electron chi connectivity index (χ4n) is 3.51. The first-order valence-electron chi connectivity index (χ1n) is 10.7. The highest BCUT2D eigenvalue weighted by Crippen LogP contribution is 2.28. The van der Waals surface area contributed by atoms with Gasteiger partial charge in [0.05, 0.1) is 40.3 Å². The zero-order valence-electron chi connectivity index (χ0n) is 18.5. The van der Waals surface area contributed by atoms with E-state index in [0.29, 0.717) is 28.1 Å². The van der Waals surface area contributed by atoms with Gasteiger partial charge < -0.3 is 25.4 Å². The lowest BCUT2D eigenvalue weighted by Crippen LogP contribution is -2.35. The third kappa shape index (κ3) is 5.21. The van der Waals surface area contributed by atoms with Crippen LogP contribution in [0.4, 0.5) is 17.2 Å².